The number of aromatic nitrogens is 1. The fraction of sp³-hybridized carbons (Fsp3) is 0.429. The Morgan fingerprint density at radius 2 is 2.11 bits per heavy atom. The normalized spacial score (nSPS) is 14.5. The van der Waals surface area contributed by atoms with Crippen molar-refractivity contribution in [3.63, 3.8) is 0 Å². The van der Waals surface area contributed by atoms with Crippen molar-refractivity contribution in [2.45, 2.75) is 39.3 Å². The van der Waals surface area contributed by atoms with E-state index in [1.807, 2.05) is 13.0 Å². The first-order valence-electron chi connectivity index (χ1n) is 9.69. The summed E-state index contributed by atoms with van der Waals surface area (Å²) in [7, 11) is 0. The minimum absolute atomic E-state index is 0.148. The molecule has 1 aliphatic heterocycles. The predicted molar refractivity (Wildman–Crippen MR) is 108 cm³/mol. The van der Waals surface area contributed by atoms with E-state index in [1.165, 1.54) is 13.0 Å². The van der Waals surface area contributed by atoms with E-state index in [4.69, 9.17) is 4.74 Å². The van der Waals surface area contributed by atoms with Gasteiger partial charge in [-0.25, -0.2) is 9.37 Å². The van der Waals surface area contributed by atoms with Gasteiger partial charge in [-0.3, -0.25) is 4.79 Å². The summed E-state index contributed by atoms with van der Waals surface area (Å²) in [4.78, 5) is 17.9. The lowest BCUT2D eigenvalue weighted by atomic mass is 10.0. The maximum atomic E-state index is 13.9. The van der Waals surface area contributed by atoms with E-state index in [9.17, 15) is 9.18 Å². The Balaban J connectivity index is 1.85. The molecule has 0 unspecified atom stereocenters. The summed E-state index contributed by atoms with van der Waals surface area (Å²) >= 11 is 0. The van der Waals surface area contributed by atoms with Crippen LogP contribution < -0.4 is 20.3 Å². The Morgan fingerprint density at radius 1 is 1.32 bits per heavy atom. The van der Waals surface area contributed by atoms with Crippen LogP contribution in [0.1, 0.15) is 32.3 Å². The number of carbonyl (C=O) groups is 1. The average Bonchev–Trinajstić information content (AvgIpc) is 2.70. The third-order valence-corrected chi connectivity index (χ3v) is 4.78. The second-order valence-corrected chi connectivity index (χ2v) is 6.89. The summed E-state index contributed by atoms with van der Waals surface area (Å²) < 4.78 is 19.3. The van der Waals surface area contributed by atoms with Crippen LogP contribution in [-0.4, -0.2) is 36.6 Å². The summed E-state index contributed by atoms with van der Waals surface area (Å²) in [5.74, 6) is 0.317. The highest BCUT2D eigenvalue weighted by atomic mass is 19.1. The van der Waals surface area contributed by atoms with E-state index >= 15 is 0 Å². The summed E-state index contributed by atoms with van der Waals surface area (Å²) in [5, 5.41) is 6.08. The Hall–Kier alpha value is -2.67. The summed E-state index contributed by atoms with van der Waals surface area (Å²) in [6.07, 6.45) is 3.82. The number of piperidine rings is 1. The van der Waals surface area contributed by atoms with Crippen molar-refractivity contribution in [2.75, 3.05) is 29.9 Å². The molecule has 0 aliphatic carbocycles. The van der Waals surface area contributed by atoms with Crippen molar-refractivity contribution in [2.24, 2.45) is 0 Å². The van der Waals surface area contributed by atoms with Crippen LogP contribution in [0, 0.1) is 5.82 Å². The number of pyridine rings is 1. The Kier molecular flexibility index (Phi) is 6.81. The van der Waals surface area contributed by atoms with Crippen LogP contribution in [0.25, 0.3) is 0 Å². The van der Waals surface area contributed by atoms with Crippen LogP contribution in [0.15, 0.2) is 36.5 Å². The fourth-order valence-electron chi connectivity index (χ4n) is 3.47. The molecule has 0 saturated carbocycles. The maximum absolute atomic E-state index is 13.9. The Morgan fingerprint density at radius 3 is 2.75 bits per heavy atom. The molecule has 0 spiro atoms. The Bertz CT molecular complexity index is 791. The largest absolute Gasteiger partial charge is 0.491 e. The fourth-order valence-corrected chi connectivity index (χ4v) is 3.47. The van der Waals surface area contributed by atoms with Crippen LogP contribution in [0.3, 0.4) is 0 Å². The highest BCUT2D eigenvalue weighted by Gasteiger charge is 2.22. The minimum atomic E-state index is -0.347. The number of hydrogen-bond donors (Lipinski definition) is 2. The smallest absolute Gasteiger partial charge is 0.222 e. The number of anilines is 2. The monoisotopic (exact) mass is 386 g/mol. The summed E-state index contributed by atoms with van der Waals surface area (Å²) in [5.41, 5.74) is 1.96. The molecule has 1 saturated heterocycles. The molecule has 1 aromatic heterocycles. The van der Waals surface area contributed by atoms with Crippen molar-refractivity contribution < 1.29 is 13.9 Å². The standard InChI is InChI=1S/C21H27FN4O2/c1-3-28-20-12-16(4-6-19(20)22)14-26(17-8-10-23-11-9-17)18-5-7-21(24-13-18)25-15(2)27/h4-7,12-13,17,23H,3,8-11,14H2,1-2H3,(H,24,25,27). The molecule has 0 radical (unpaired) electrons. The van der Waals surface area contributed by atoms with Crippen LogP contribution in [0.4, 0.5) is 15.9 Å². The molecular weight excluding hydrogens is 359 g/mol. The number of ether oxygens (including phenoxy) is 1. The molecule has 150 valence electrons. The number of rotatable bonds is 7. The van der Waals surface area contributed by atoms with Crippen molar-refractivity contribution in [1.82, 2.24) is 10.3 Å². The average molecular weight is 386 g/mol. The van der Waals surface area contributed by atoms with Gasteiger partial charge in [0.2, 0.25) is 5.91 Å². The molecule has 0 atom stereocenters. The number of carbonyl (C=O) groups excluding carboxylic acids is 1. The molecule has 2 heterocycles. The SMILES string of the molecule is CCOc1cc(CN(c2ccc(NC(C)=O)nc2)C2CCNCC2)ccc1F. The molecule has 2 N–H and O–H groups in total. The zero-order valence-electron chi connectivity index (χ0n) is 16.4. The summed E-state index contributed by atoms with van der Waals surface area (Å²) in [6, 6.07) is 9.15. The molecule has 1 amide bonds. The predicted octanol–water partition coefficient (Wildman–Crippen LogP) is 3.34. The van der Waals surface area contributed by atoms with Crippen molar-refractivity contribution in [3.8, 4) is 5.75 Å². The number of nitrogens with one attached hydrogen (secondary N) is 2. The zero-order valence-corrected chi connectivity index (χ0v) is 16.4. The minimum Gasteiger partial charge on any atom is -0.491 e. The number of benzene rings is 1. The van der Waals surface area contributed by atoms with Crippen molar-refractivity contribution in [3.05, 3.63) is 47.9 Å². The molecule has 1 fully saturated rings. The topological polar surface area (TPSA) is 66.5 Å². The Labute approximate surface area is 165 Å². The number of halogens is 1. The first kappa shape index (κ1) is 20.1. The van der Waals surface area contributed by atoms with Crippen LogP contribution in [0.2, 0.25) is 0 Å². The van der Waals surface area contributed by atoms with Gasteiger partial charge in [-0.2, -0.15) is 0 Å². The van der Waals surface area contributed by atoms with Gasteiger partial charge in [0.05, 0.1) is 18.5 Å². The molecule has 2 aromatic rings. The molecule has 6 nitrogen and oxygen atoms in total. The number of amides is 1. The second kappa shape index (κ2) is 9.50. The van der Waals surface area contributed by atoms with Gasteiger partial charge in [0.25, 0.3) is 0 Å². The van der Waals surface area contributed by atoms with Gasteiger partial charge in [0, 0.05) is 19.5 Å². The van der Waals surface area contributed by atoms with Gasteiger partial charge in [-0.15, -0.1) is 0 Å². The van der Waals surface area contributed by atoms with E-state index in [1.54, 1.807) is 24.4 Å². The second-order valence-electron chi connectivity index (χ2n) is 6.89. The lowest BCUT2D eigenvalue weighted by molar-refractivity contribution is -0.114. The van der Waals surface area contributed by atoms with E-state index in [-0.39, 0.29) is 17.5 Å². The van der Waals surface area contributed by atoms with Crippen molar-refractivity contribution in [1.29, 1.82) is 0 Å². The quantitative estimate of drug-likeness (QED) is 0.764. The first-order valence-corrected chi connectivity index (χ1v) is 9.69. The van der Waals surface area contributed by atoms with Gasteiger partial charge in [-0.1, -0.05) is 6.07 Å². The molecule has 7 heteroatoms. The molecular formula is C21H27FN4O2. The molecule has 1 aromatic carbocycles. The van der Waals surface area contributed by atoms with E-state index in [0.717, 1.165) is 37.2 Å². The lowest BCUT2D eigenvalue weighted by Gasteiger charge is -2.36. The van der Waals surface area contributed by atoms with Gasteiger partial charge < -0.3 is 20.3 Å². The number of nitrogens with zero attached hydrogens (tertiary/aromatic N) is 2. The van der Waals surface area contributed by atoms with E-state index in [0.29, 0.717) is 25.0 Å². The van der Waals surface area contributed by atoms with Gasteiger partial charge in [0.1, 0.15) is 5.82 Å². The van der Waals surface area contributed by atoms with Gasteiger partial charge >= 0.3 is 0 Å². The third kappa shape index (κ3) is 5.19. The first-order chi connectivity index (χ1) is 13.6. The van der Waals surface area contributed by atoms with Crippen molar-refractivity contribution >= 4 is 17.4 Å². The van der Waals surface area contributed by atoms with Crippen LogP contribution in [-0.2, 0) is 11.3 Å². The molecule has 0 bridgehead atoms. The third-order valence-electron chi connectivity index (χ3n) is 4.78. The van der Waals surface area contributed by atoms with E-state index < -0.39 is 0 Å². The zero-order chi connectivity index (χ0) is 19.9. The molecule has 28 heavy (non-hydrogen) atoms. The highest BCUT2D eigenvalue weighted by molar-refractivity contribution is 5.87. The number of hydrogen-bond acceptors (Lipinski definition) is 5. The van der Waals surface area contributed by atoms with Crippen LogP contribution >= 0.6 is 0 Å². The summed E-state index contributed by atoms with van der Waals surface area (Å²) in [6.45, 7) is 6.29. The van der Waals surface area contributed by atoms with Gasteiger partial charge in [-0.05, 0) is 62.7 Å². The van der Waals surface area contributed by atoms with Crippen LogP contribution in [0.5, 0.6) is 5.75 Å². The van der Waals surface area contributed by atoms with E-state index in [2.05, 4.69) is 20.5 Å². The van der Waals surface area contributed by atoms with Gasteiger partial charge in [0.15, 0.2) is 11.6 Å². The molecule has 1 aliphatic rings. The molecule has 3 rings (SSSR count). The highest BCUT2D eigenvalue weighted by Crippen LogP contribution is 2.27. The maximum Gasteiger partial charge on any atom is 0.222 e. The lowest BCUT2D eigenvalue weighted by Crippen LogP contribution is -2.43.